The predicted molar refractivity (Wildman–Crippen MR) is 122 cm³/mol. The highest BCUT2D eigenvalue weighted by Crippen LogP contribution is 2.21. The first-order valence-corrected chi connectivity index (χ1v) is 9.43. The molecule has 2 rings (SSSR count). The number of aryl methyl sites for hydroxylation is 2. The van der Waals surface area contributed by atoms with Crippen molar-refractivity contribution in [3.63, 3.8) is 0 Å². The molecule has 0 amide bonds. The minimum Gasteiger partial charge on any atom is -0.355 e. The lowest BCUT2D eigenvalue weighted by molar-refractivity contribution is 1.11. The number of hydrogen-bond acceptors (Lipinski definition) is 2. The van der Waals surface area contributed by atoms with Crippen LogP contribution < -0.4 is 5.32 Å². The standard InChI is InChI=1S/C23H26N2.C2H6/c1-7-22(25-20(6)21-14-10-8-12-16(21)2)18(4)19(5)24-23-15-11-9-13-17(23)3;1-2/h7-15,25H,4,6H2,1-3,5H3;1-2H3/b22-7+,24-19?;. The molecule has 0 heterocycles. The van der Waals surface area contributed by atoms with E-state index in [0.717, 1.165) is 39.5 Å². The van der Waals surface area contributed by atoms with Crippen LogP contribution in [0, 0.1) is 13.8 Å². The average Bonchev–Trinajstić information content (AvgIpc) is 2.69. The average molecular weight is 361 g/mol. The maximum atomic E-state index is 4.73. The summed E-state index contributed by atoms with van der Waals surface area (Å²) in [6.07, 6.45) is 2.00. The predicted octanol–water partition coefficient (Wildman–Crippen LogP) is 7.14. The summed E-state index contributed by atoms with van der Waals surface area (Å²) in [5, 5.41) is 3.39. The fraction of sp³-hybridized carbons (Fsp3) is 0.240. The maximum absolute atomic E-state index is 4.73. The van der Waals surface area contributed by atoms with E-state index in [4.69, 9.17) is 4.99 Å². The number of rotatable bonds is 6. The molecular formula is C25H32N2. The van der Waals surface area contributed by atoms with Gasteiger partial charge in [-0.2, -0.15) is 0 Å². The molecule has 142 valence electrons. The normalized spacial score (nSPS) is 11.3. The Morgan fingerprint density at radius 2 is 1.48 bits per heavy atom. The van der Waals surface area contributed by atoms with Crippen LogP contribution in [0.2, 0.25) is 0 Å². The molecule has 2 aromatic carbocycles. The first-order valence-electron chi connectivity index (χ1n) is 9.43. The van der Waals surface area contributed by atoms with Crippen molar-refractivity contribution in [2.24, 2.45) is 4.99 Å². The lowest BCUT2D eigenvalue weighted by Gasteiger charge is -2.17. The van der Waals surface area contributed by atoms with Crippen LogP contribution in [0.3, 0.4) is 0 Å². The highest BCUT2D eigenvalue weighted by molar-refractivity contribution is 6.03. The highest BCUT2D eigenvalue weighted by Gasteiger charge is 2.09. The minimum atomic E-state index is 0.857. The van der Waals surface area contributed by atoms with Gasteiger partial charge in [0.05, 0.1) is 5.69 Å². The van der Waals surface area contributed by atoms with Crippen molar-refractivity contribution in [1.29, 1.82) is 0 Å². The topological polar surface area (TPSA) is 24.4 Å². The van der Waals surface area contributed by atoms with Crippen molar-refractivity contribution >= 4 is 17.1 Å². The zero-order chi connectivity index (χ0) is 20.4. The third kappa shape index (κ3) is 6.10. The first kappa shape index (κ1) is 22.2. The smallest absolute Gasteiger partial charge is 0.0662 e. The van der Waals surface area contributed by atoms with Crippen molar-refractivity contribution in [3.05, 3.63) is 95.7 Å². The molecule has 0 atom stereocenters. The van der Waals surface area contributed by atoms with E-state index in [0.29, 0.717) is 0 Å². The van der Waals surface area contributed by atoms with E-state index in [2.05, 4.69) is 50.5 Å². The highest BCUT2D eigenvalue weighted by atomic mass is 14.9. The quantitative estimate of drug-likeness (QED) is 0.429. The fourth-order valence-electron chi connectivity index (χ4n) is 2.60. The minimum absolute atomic E-state index is 0.857. The van der Waals surface area contributed by atoms with Gasteiger partial charge in [0.15, 0.2) is 0 Å². The van der Waals surface area contributed by atoms with Gasteiger partial charge in [0.25, 0.3) is 0 Å². The van der Waals surface area contributed by atoms with Crippen LogP contribution in [0.15, 0.2) is 84.0 Å². The van der Waals surface area contributed by atoms with Gasteiger partial charge in [0, 0.05) is 28.2 Å². The SMILES string of the molecule is C=C(C(C)=Nc1ccccc1C)/C(=C\C)NC(=C)c1ccccc1C.CC. The number of para-hydroxylation sites is 1. The number of aliphatic imine (C=N–C) groups is 1. The monoisotopic (exact) mass is 360 g/mol. The van der Waals surface area contributed by atoms with E-state index >= 15 is 0 Å². The fourth-order valence-corrected chi connectivity index (χ4v) is 2.60. The third-order valence-corrected chi connectivity index (χ3v) is 4.21. The molecule has 0 aliphatic rings. The Morgan fingerprint density at radius 3 is 2.04 bits per heavy atom. The van der Waals surface area contributed by atoms with Gasteiger partial charge in [-0.25, -0.2) is 0 Å². The second kappa shape index (κ2) is 11.0. The third-order valence-electron chi connectivity index (χ3n) is 4.21. The van der Waals surface area contributed by atoms with Gasteiger partial charge >= 0.3 is 0 Å². The van der Waals surface area contributed by atoms with E-state index in [-0.39, 0.29) is 0 Å². The van der Waals surface area contributed by atoms with Gasteiger partial charge in [0.2, 0.25) is 0 Å². The van der Waals surface area contributed by atoms with Gasteiger partial charge < -0.3 is 5.32 Å². The van der Waals surface area contributed by atoms with Gasteiger partial charge in [-0.1, -0.05) is 75.5 Å². The first-order chi connectivity index (χ1) is 12.9. The molecule has 0 aliphatic carbocycles. The van der Waals surface area contributed by atoms with Crippen LogP contribution in [0.1, 0.15) is 44.4 Å². The summed E-state index contributed by atoms with van der Waals surface area (Å²) in [7, 11) is 0. The van der Waals surface area contributed by atoms with Crippen molar-refractivity contribution in [2.45, 2.75) is 41.5 Å². The summed E-state index contributed by atoms with van der Waals surface area (Å²) in [4.78, 5) is 4.73. The molecule has 0 fully saturated rings. The maximum Gasteiger partial charge on any atom is 0.0662 e. The molecule has 0 aromatic heterocycles. The van der Waals surface area contributed by atoms with Gasteiger partial charge in [-0.3, -0.25) is 4.99 Å². The van der Waals surface area contributed by atoms with Crippen molar-refractivity contribution < 1.29 is 0 Å². The zero-order valence-electron chi connectivity index (χ0n) is 17.6. The molecule has 0 aliphatic heterocycles. The Balaban J connectivity index is 0.00000176. The second-order valence-electron chi connectivity index (χ2n) is 6.08. The lowest BCUT2D eigenvalue weighted by atomic mass is 10.0. The Hall–Kier alpha value is -2.87. The van der Waals surface area contributed by atoms with Gasteiger partial charge in [0.1, 0.15) is 0 Å². The molecule has 0 saturated heterocycles. The molecular weight excluding hydrogens is 328 g/mol. The van der Waals surface area contributed by atoms with Crippen molar-refractivity contribution in [1.82, 2.24) is 5.32 Å². The number of allylic oxidation sites excluding steroid dienone is 2. The zero-order valence-corrected chi connectivity index (χ0v) is 17.6. The second-order valence-corrected chi connectivity index (χ2v) is 6.08. The molecule has 0 saturated carbocycles. The molecule has 2 heteroatoms. The van der Waals surface area contributed by atoms with Crippen molar-refractivity contribution in [3.8, 4) is 0 Å². The van der Waals surface area contributed by atoms with Crippen LogP contribution >= 0.6 is 0 Å². The Labute approximate surface area is 165 Å². The van der Waals surface area contributed by atoms with Crippen molar-refractivity contribution in [2.75, 3.05) is 0 Å². The van der Waals surface area contributed by atoms with E-state index in [1.165, 1.54) is 5.56 Å². The van der Waals surface area contributed by atoms with Crippen LogP contribution in [0.25, 0.3) is 5.70 Å². The summed E-state index contributed by atoms with van der Waals surface area (Å²) in [5.74, 6) is 0. The van der Waals surface area contributed by atoms with Crippen LogP contribution in [-0.4, -0.2) is 5.71 Å². The summed E-state index contributed by atoms with van der Waals surface area (Å²) in [5.41, 5.74) is 7.92. The number of nitrogens with zero attached hydrogens (tertiary/aromatic N) is 1. The van der Waals surface area contributed by atoms with E-state index in [9.17, 15) is 0 Å². The van der Waals surface area contributed by atoms with Crippen LogP contribution in [-0.2, 0) is 0 Å². The Morgan fingerprint density at radius 1 is 0.926 bits per heavy atom. The molecule has 0 bridgehead atoms. The van der Waals surface area contributed by atoms with Crippen LogP contribution in [0.5, 0.6) is 0 Å². The molecule has 2 nitrogen and oxygen atoms in total. The molecule has 0 unspecified atom stereocenters. The van der Waals surface area contributed by atoms with E-state index in [1.54, 1.807) is 0 Å². The Kier molecular flexibility index (Phi) is 9.01. The largest absolute Gasteiger partial charge is 0.355 e. The molecule has 2 aromatic rings. The summed E-state index contributed by atoms with van der Waals surface area (Å²) >= 11 is 0. The molecule has 0 spiro atoms. The van der Waals surface area contributed by atoms with Gasteiger partial charge in [-0.15, -0.1) is 0 Å². The molecule has 0 radical (unpaired) electrons. The van der Waals surface area contributed by atoms with E-state index < -0.39 is 0 Å². The van der Waals surface area contributed by atoms with Crippen LogP contribution in [0.4, 0.5) is 5.69 Å². The lowest BCUT2D eigenvalue weighted by Crippen LogP contribution is -2.16. The Bertz CT molecular complexity index is 854. The molecule has 27 heavy (non-hydrogen) atoms. The number of hydrogen-bond donors (Lipinski definition) is 1. The number of benzene rings is 2. The van der Waals surface area contributed by atoms with E-state index in [1.807, 2.05) is 64.1 Å². The summed E-state index contributed by atoms with van der Waals surface area (Å²) in [6.45, 7) is 20.5. The van der Waals surface area contributed by atoms with Gasteiger partial charge in [-0.05, 0) is 44.9 Å². The summed E-state index contributed by atoms with van der Waals surface area (Å²) in [6, 6.07) is 16.3. The molecule has 1 N–H and O–H groups in total. The number of nitrogens with one attached hydrogen (secondary N) is 1. The summed E-state index contributed by atoms with van der Waals surface area (Å²) < 4.78 is 0.